The third-order valence-electron chi connectivity index (χ3n) is 2.96. The van der Waals surface area contributed by atoms with Crippen molar-refractivity contribution in [3.05, 3.63) is 70.8 Å². The van der Waals surface area contributed by atoms with Crippen LogP contribution in [0.1, 0.15) is 31.8 Å². The number of phenolic OH excluding ortho intramolecular Hbond substituents is 1. The summed E-state index contributed by atoms with van der Waals surface area (Å²) in [6.07, 6.45) is 3.68. The van der Waals surface area contributed by atoms with E-state index in [4.69, 9.17) is 0 Å². The normalized spacial score (nSPS) is 10.7. The van der Waals surface area contributed by atoms with Gasteiger partial charge in [-0.2, -0.15) is 0 Å². The zero-order valence-corrected chi connectivity index (χ0v) is 11.0. The van der Waals surface area contributed by atoms with Gasteiger partial charge in [-0.3, -0.25) is 9.59 Å². The van der Waals surface area contributed by atoms with Crippen molar-refractivity contribution < 1.29 is 14.7 Å². The van der Waals surface area contributed by atoms with Crippen LogP contribution >= 0.6 is 0 Å². The number of carbonyl (C=O) groups excluding carboxylic acids is 2. The number of aryl methyl sites for hydroxylation is 1. The molecule has 0 aliphatic rings. The molecule has 1 N–H and O–H groups in total. The van der Waals surface area contributed by atoms with Crippen LogP contribution < -0.4 is 0 Å². The highest BCUT2D eigenvalue weighted by Crippen LogP contribution is 2.23. The Labute approximate surface area is 117 Å². The fourth-order valence-corrected chi connectivity index (χ4v) is 1.89. The molecule has 3 heteroatoms. The van der Waals surface area contributed by atoms with Crippen molar-refractivity contribution in [1.82, 2.24) is 0 Å². The number of hydrogen-bond donors (Lipinski definition) is 1. The van der Waals surface area contributed by atoms with Gasteiger partial charge in [-0.15, -0.1) is 0 Å². The molecule has 100 valence electrons. The van der Waals surface area contributed by atoms with Crippen LogP contribution in [0.2, 0.25) is 0 Å². The Morgan fingerprint density at radius 3 is 2.50 bits per heavy atom. The molecule has 2 aromatic carbocycles. The molecule has 0 heterocycles. The van der Waals surface area contributed by atoms with Crippen molar-refractivity contribution in [1.29, 1.82) is 0 Å². The predicted octanol–water partition coefficient (Wildman–Crippen LogP) is 3.41. The second-order valence-electron chi connectivity index (χ2n) is 4.46. The molecule has 0 spiro atoms. The van der Waals surface area contributed by atoms with E-state index in [2.05, 4.69) is 0 Å². The minimum absolute atomic E-state index is 0.0217. The third-order valence-corrected chi connectivity index (χ3v) is 2.96. The molecule has 3 nitrogen and oxygen atoms in total. The van der Waals surface area contributed by atoms with E-state index in [1.54, 1.807) is 49.4 Å². The molecule has 0 aliphatic heterocycles. The van der Waals surface area contributed by atoms with Crippen molar-refractivity contribution in [2.24, 2.45) is 0 Å². The molecular weight excluding hydrogens is 252 g/mol. The van der Waals surface area contributed by atoms with Crippen LogP contribution in [0.3, 0.4) is 0 Å². The van der Waals surface area contributed by atoms with Crippen molar-refractivity contribution in [2.75, 3.05) is 0 Å². The number of carbonyl (C=O) groups is 2. The lowest BCUT2D eigenvalue weighted by molar-refractivity contribution is 0.104. The number of aldehydes is 1. The lowest BCUT2D eigenvalue weighted by Gasteiger charge is -2.03. The number of phenols is 1. The first-order valence-electron chi connectivity index (χ1n) is 6.18. The van der Waals surface area contributed by atoms with Crippen LogP contribution in [-0.2, 0) is 0 Å². The van der Waals surface area contributed by atoms with Gasteiger partial charge in [0.25, 0.3) is 0 Å². The Kier molecular flexibility index (Phi) is 4.11. The third kappa shape index (κ3) is 3.01. The molecule has 0 bridgehead atoms. The zero-order chi connectivity index (χ0) is 14.5. The molecule has 2 rings (SSSR count). The molecule has 0 saturated heterocycles. The summed E-state index contributed by atoms with van der Waals surface area (Å²) >= 11 is 0. The van der Waals surface area contributed by atoms with E-state index < -0.39 is 0 Å². The number of hydrogen-bond acceptors (Lipinski definition) is 3. The summed E-state index contributed by atoms with van der Waals surface area (Å²) in [5.41, 5.74) is 2.12. The van der Waals surface area contributed by atoms with E-state index in [1.807, 2.05) is 6.07 Å². The lowest BCUT2D eigenvalue weighted by atomic mass is 10.0. The molecule has 0 aromatic heterocycles. The van der Waals surface area contributed by atoms with E-state index >= 15 is 0 Å². The lowest BCUT2D eigenvalue weighted by Crippen LogP contribution is -1.93. The number of allylic oxidation sites excluding steroid dienone is 1. The van der Waals surface area contributed by atoms with Gasteiger partial charge in [0.15, 0.2) is 12.1 Å². The molecule has 0 unspecified atom stereocenters. The van der Waals surface area contributed by atoms with Crippen molar-refractivity contribution in [3.63, 3.8) is 0 Å². The Hall–Kier alpha value is -2.68. The predicted molar refractivity (Wildman–Crippen MR) is 78.0 cm³/mol. The fourth-order valence-electron chi connectivity index (χ4n) is 1.89. The van der Waals surface area contributed by atoms with Crippen LogP contribution in [0.4, 0.5) is 0 Å². The topological polar surface area (TPSA) is 54.4 Å². The summed E-state index contributed by atoms with van der Waals surface area (Å²) in [5.74, 6) is -0.129. The SMILES string of the molecule is Cc1cc(/C=C/C(=O)c2ccccc2)cc(C=O)c1O. The Balaban J connectivity index is 2.26. The minimum atomic E-state index is -0.107. The maximum Gasteiger partial charge on any atom is 0.185 e. The molecule has 20 heavy (non-hydrogen) atoms. The molecule has 0 aliphatic carbocycles. The monoisotopic (exact) mass is 266 g/mol. The average Bonchev–Trinajstić information content (AvgIpc) is 2.48. The van der Waals surface area contributed by atoms with E-state index in [9.17, 15) is 14.7 Å². The first kappa shape index (κ1) is 13.7. The van der Waals surface area contributed by atoms with E-state index in [-0.39, 0.29) is 17.1 Å². The highest BCUT2D eigenvalue weighted by Gasteiger charge is 2.05. The highest BCUT2D eigenvalue weighted by molar-refractivity contribution is 6.06. The van der Waals surface area contributed by atoms with Crippen LogP contribution in [-0.4, -0.2) is 17.2 Å². The van der Waals surface area contributed by atoms with Crippen molar-refractivity contribution in [2.45, 2.75) is 6.92 Å². The van der Waals surface area contributed by atoms with E-state index in [1.165, 1.54) is 6.08 Å². The smallest absolute Gasteiger partial charge is 0.185 e. The summed E-state index contributed by atoms with van der Waals surface area (Å²) in [4.78, 5) is 22.8. The number of benzene rings is 2. The van der Waals surface area contributed by atoms with Crippen LogP contribution in [0.15, 0.2) is 48.5 Å². The summed E-state index contributed by atoms with van der Waals surface area (Å²) in [6, 6.07) is 12.2. The molecule has 0 radical (unpaired) electrons. The molecule has 2 aromatic rings. The van der Waals surface area contributed by atoms with Gasteiger partial charge in [-0.1, -0.05) is 36.4 Å². The fraction of sp³-hybridized carbons (Fsp3) is 0.0588. The maximum atomic E-state index is 11.9. The highest BCUT2D eigenvalue weighted by atomic mass is 16.3. The standard InChI is InChI=1S/C17H14O3/c1-12-9-13(10-15(11-18)17(12)20)7-8-16(19)14-5-3-2-4-6-14/h2-11,20H,1H3/b8-7+. The first-order valence-corrected chi connectivity index (χ1v) is 6.18. The van der Waals surface area contributed by atoms with Gasteiger partial charge in [0.2, 0.25) is 0 Å². The summed E-state index contributed by atoms with van der Waals surface area (Å²) in [5, 5.41) is 9.66. The average molecular weight is 266 g/mol. The van der Waals surface area contributed by atoms with Crippen LogP contribution in [0.25, 0.3) is 6.08 Å². The number of rotatable bonds is 4. The summed E-state index contributed by atoms with van der Waals surface area (Å²) in [7, 11) is 0. The zero-order valence-electron chi connectivity index (χ0n) is 11.0. The van der Waals surface area contributed by atoms with Gasteiger partial charge < -0.3 is 5.11 Å². The van der Waals surface area contributed by atoms with Gasteiger partial charge >= 0.3 is 0 Å². The summed E-state index contributed by atoms with van der Waals surface area (Å²) < 4.78 is 0. The number of aromatic hydroxyl groups is 1. The second kappa shape index (κ2) is 5.97. The summed E-state index contributed by atoms with van der Waals surface area (Å²) in [6.45, 7) is 1.71. The molecule has 0 saturated carbocycles. The first-order chi connectivity index (χ1) is 9.61. The van der Waals surface area contributed by atoms with Gasteiger partial charge in [0.05, 0.1) is 5.56 Å². The van der Waals surface area contributed by atoms with Crippen molar-refractivity contribution in [3.8, 4) is 5.75 Å². The van der Waals surface area contributed by atoms with E-state index in [0.717, 1.165) is 0 Å². The quantitative estimate of drug-likeness (QED) is 0.524. The Morgan fingerprint density at radius 2 is 1.85 bits per heavy atom. The van der Waals surface area contributed by atoms with Crippen LogP contribution in [0, 0.1) is 6.92 Å². The van der Waals surface area contributed by atoms with Gasteiger partial charge in [0.1, 0.15) is 5.75 Å². The second-order valence-corrected chi connectivity index (χ2v) is 4.46. The minimum Gasteiger partial charge on any atom is -0.507 e. The molecule has 0 fully saturated rings. The molecular formula is C17H14O3. The van der Waals surface area contributed by atoms with Gasteiger partial charge in [-0.25, -0.2) is 0 Å². The van der Waals surface area contributed by atoms with Gasteiger partial charge in [-0.05, 0) is 36.3 Å². The Morgan fingerprint density at radius 1 is 1.15 bits per heavy atom. The Bertz CT molecular complexity index is 670. The van der Waals surface area contributed by atoms with E-state index in [0.29, 0.717) is 23.0 Å². The molecule has 0 amide bonds. The largest absolute Gasteiger partial charge is 0.507 e. The maximum absolute atomic E-state index is 11.9. The van der Waals surface area contributed by atoms with Crippen molar-refractivity contribution >= 4 is 18.1 Å². The van der Waals surface area contributed by atoms with Crippen LogP contribution in [0.5, 0.6) is 5.75 Å². The number of ketones is 1. The van der Waals surface area contributed by atoms with Gasteiger partial charge in [0, 0.05) is 5.56 Å². The molecule has 0 atom stereocenters.